The molecule has 14 heavy (non-hydrogen) atoms. The Bertz CT molecular complexity index is 439. The summed E-state index contributed by atoms with van der Waals surface area (Å²) in [6, 6.07) is 6.13. The maximum atomic E-state index is 8.52. The highest BCUT2D eigenvalue weighted by atomic mass is 79.9. The summed E-state index contributed by atoms with van der Waals surface area (Å²) in [6.45, 7) is 0.569. The fourth-order valence-corrected chi connectivity index (χ4v) is 1.91. The van der Waals surface area contributed by atoms with Crippen LogP contribution >= 0.6 is 15.9 Å². The molecule has 0 aliphatic rings. The summed E-state index contributed by atoms with van der Waals surface area (Å²) < 4.78 is 1.07. The van der Waals surface area contributed by atoms with Gasteiger partial charge in [0.2, 0.25) is 0 Å². The molecule has 3 N–H and O–H groups in total. The number of halogens is 1. The summed E-state index contributed by atoms with van der Waals surface area (Å²) in [5.41, 5.74) is 4.50. The van der Waals surface area contributed by atoms with E-state index in [1.807, 2.05) is 18.3 Å². The number of benzene rings is 1. The van der Waals surface area contributed by atoms with Crippen molar-refractivity contribution >= 4 is 26.8 Å². The van der Waals surface area contributed by atoms with Crippen LogP contribution in [0.25, 0.3) is 10.9 Å². The summed E-state index contributed by atoms with van der Waals surface area (Å²) in [5.74, 6) is 0. The third-order valence-electron chi connectivity index (χ3n) is 2.24. The minimum Gasteiger partial charge on any atom is -0.361 e. The molecule has 0 saturated carbocycles. The summed E-state index contributed by atoms with van der Waals surface area (Å²) in [5, 5.41) is 9.73. The van der Waals surface area contributed by atoms with E-state index < -0.39 is 0 Å². The SMILES string of the molecule is ONCCc1c[nH]c2ccc(Br)cc12. The van der Waals surface area contributed by atoms with E-state index in [1.165, 1.54) is 10.9 Å². The lowest BCUT2D eigenvalue weighted by Crippen LogP contribution is -2.10. The quantitative estimate of drug-likeness (QED) is 0.738. The number of hydrogen-bond acceptors (Lipinski definition) is 2. The molecule has 0 spiro atoms. The Labute approximate surface area is 90.2 Å². The van der Waals surface area contributed by atoms with E-state index >= 15 is 0 Å². The van der Waals surface area contributed by atoms with Crippen LogP contribution in [0, 0.1) is 0 Å². The van der Waals surface area contributed by atoms with Crippen LogP contribution in [0.3, 0.4) is 0 Å². The molecule has 0 aliphatic heterocycles. The van der Waals surface area contributed by atoms with Gasteiger partial charge < -0.3 is 10.2 Å². The lowest BCUT2D eigenvalue weighted by molar-refractivity contribution is 0.168. The van der Waals surface area contributed by atoms with E-state index in [-0.39, 0.29) is 0 Å². The largest absolute Gasteiger partial charge is 0.361 e. The van der Waals surface area contributed by atoms with Gasteiger partial charge in [-0.15, -0.1) is 0 Å². The number of hydrogen-bond donors (Lipinski definition) is 3. The van der Waals surface area contributed by atoms with Gasteiger partial charge in [0, 0.05) is 28.1 Å². The predicted molar refractivity (Wildman–Crippen MR) is 59.5 cm³/mol. The third-order valence-corrected chi connectivity index (χ3v) is 2.73. The molecule has 1 aromatic heterocycles. The number of fused-ring (bicyclic) bond motifs is 1. The Morgan fingerprint density at radius 2 is 2.29 bits per heavy atom. The Morgan fingerprint density at radius 3 is 3.07 bits per heavy atom. The molecule has 3 nitrogen and oxygen atoms in total. The fraction of sp³-hybridized carbons (Fsp3) is 0.200. The van der Waals surface area contributed by atoms with Crippen molar-refractivity contribution in [3.8, 4) is 0 Å². The van der Waals surface area contributed by atoms with E-state index in [4.69, 9.17) is 5.21 Å². The van der Waals surface area contributed by atoms with Gasteiger partial charge in [0.05, 0.1) is 0 Å². The van der Waals surface area contributed by atoms with E-state index in [0.29, 0.717) is 6.54 Å². The van der Waals surface area contributed by atoms with E-state index in [9.17, 15) is 0 Å². The second kappa shape index (κ2) is 4.13. The van der Waals surface area contributed by atoms with Gasteiger partial charge in [-0.05, 0) is 30.2 Å². The number of aromatic amines is 1. The molecule has 0 atom stereocenters. The molecule has 4 heteroatoms. The molecule has 1 aromatic carbocycles. The van der Waals surface area contributed by atoms with Gasteiger partial charge in [0.15, 0.2) is 0 Å². The molecule has 2 rings (SSSR count). The van der Waals surface area contributed by atoms with Gasteiger partial charge in [0.25, 0.3) is 0 Å². The van der Waals surface area contributed by atoms with Gasteiger partial charge in [0.1, 0.15) is 0 Å². The normalized spacial score (nSPS) is 11.0. The summed E-state index contributed by atoms with van der Waals surface area (Å²) in [7, 11) is 0. The first-order chi connectivity index (χ1) is 6.81. The molecule has 1 heterocycles. The van der Waals surface area contributed by atoms with Gasteiger partial charge in [-0.2, -0.15) is 0 Å². The second-order valence-corrected chi connectivity index (χ2v) is 4.08. The Balaban J connectivity index is 2.40. The molecular weight excluding hydrogens is 244 g/mol. The van der Waals surface area contributed by atoms with Crippen LogP contribution in [0.5, 0.6) is 0 Å². The van der Waals surface area contributed by atoms with Crippen LogP contribution in [-0.2, 0) is 6.42 Å². The summed E-state index contributed by atoms with van der Waals surface area (Å²) >= 11 is 3.44. The minimum absolute atomic E-state index is 0.569. The molecule has 0 radical (unpaired) electrons. The molecule has 0 bridgehead atoms. The number of H-pyrrole nitrogens is 1. The van der Waals surface area contributed by atoms with Crippen molar-refractivity contribution in [2.24, 2.45) is 0 Å². The van der Waals surface area contributed by atoms with Crippen molar-refractivity contribution in [3.05, 3.63) is 34.4 Å². The zero-order valence-electron chi connectivity index (χ0n) is 7.55. The van der Waals surface area contributed by atoms with Crippen LogP contribution in [0.4, 0.5) is 0 Å². The standard InChI is InChI=1S/C10H11BrN2O/c11-8-1-2-10-9(5-8)7(6-12-10)3-4-13-14/h1-2,5-6,12-14H,3-4H2. The highest BCUT2D eigenvalue weighted by Gasteiger charge is 2.03. The van der Waals surface area contributed by atoms with Crippen molar-refractivity contribution in [2.45, 2.75) is 6.42 Å². The minimum atomic E-state index is 0.569. The lowest BCUT2D eigenvalue weighted by atomic mass is 10.1. The monoisotopic (exact) mass is 254 g/mol. The van der Waals surface area contributed by atoms with Gasteiger partial charge in [-0.3, -0.25) is 0 Å². The van der Waals surface area contributed by atoms with Crippen molar-refractivity contribution in [1.82, 2.24) is 10.5 Å². The maximum Gasteiger partial charge on any atom is 0.0457 e. The molecular formula is C10H11BrN2O. The molecule has 2 aromatic rings. The fourth-order valence-electron chi connectivity index (χ4n) is 1.55. The average Bonchev–Trinajstić information content (AvgIpc) is 2.57. The Hall–Kier alpha value is -0.840. The van der Waals surface area contributed by atoms with Crippen LogP contribution in [-0.4, -0.2) is 16.7 Å². The van der Waals surface area contributed by atoms with E-state index in [0.717, 1.165) is 16.4 Å². The maximum absolute atomic E-state index is 8.52. The number of hydroxylamine groups is 1. The first kappa shape index (κ1) is 9.71. The third kappa shape index (κ3) is 1.82. The van der Waals surface area contributed by atoms with Crippen LogP contribution in [0.15, 0.2) is 28.9 Å². The van der Waals surface area contributed by atoms with Crippen molar-refractivity contribution in [1.29, 1.82) is 0 Å². The molecule has 0 saturated heterocycles. The predicted octanol–water partition coefficient (Wildman–Crippen LogP) is 2.45. The van der Waals surface area contributed by atoms with E-state index in [1.54, 1.807) is 0 Å². The second-order valence-electron chi connectivity index (χ2n) is 3.16. The van der Waals surface area contributed by atoms with Crippen LogP contribution in [0.1, 0.15) is 5.56 Å². The van der Waals surface area contributed by atoms with Crippen LogP contribution < -0.4 is 5.48 Å². The zero-order valence-corrected chi connectivity index (χ0v) is 9.13. The average molecular weight is 255 g/mol. The topological polar surface area (TPSA) is 48.0 Å². The Kier molecular flexibility index (Phi) is 2.86. The molecule has 74 valence electrons. The molecule has 0 fully saturated rings. The summed E-state index contributed by atoms with van der Waals surface area (Å²) in [4.78, 5) is 3.19. The Morgan fingerprint density at radius 1 is 1.43 bits per heavy atom. The number of nitrogens with one attached hydrogen (secondary N) is 2. The van der Waals surface area contributed by atoms with Crippen molar-refractivity contribution in [2.75, 3.05) is 6.54 Å². The number of aromatic nitrogens is 1. The first-order valence-electron chi connectivity index (χ1n) is 4.44. The van der Waals surface area contributed by atoms with Crippen molar-refractivity contribution < 1.29 is 5.21 Å². The highest BCUT2D eigenvalue weighted by Crippen LogP contribution is 2.22. The van der Waals surface area contributed by atoms with E-state index in [2.05, 4.69) is 32.5 Å². The van der Waals surface area contributed by atoms with Gasteiger partial charge in [-0.25, -0.2) is 5.48 Å². The molecule has 0 aliphatic carbocycles. The molecule has 0 unspecified atom stereocenters. The zero-order chi connectivity index (χ0) is 9.97. The van der Waals surface area contributed by atoms with Gasteiger partial charge in [-0.1, -0.05) is 15.9 Å². The number of rotatable bonds is 3. The highest BCUT2D eigenvalue weighted by molar-refractivity contribution is 9.10. The molecule has 0 amide bonds. The summed E-state index contributed by atoms with van der Waals surface area (Å²) in [6.07, 6.45) is 2.79. The van der Waals surface area contributed by atoms with Crippen molar-refractivity contribution in [3.63, 3.8) is 0 Å². The smallest absolute Gasteiger partial charge is 0.0457 e. The van der Waals surface area contributed by atoms with Crippen LogP contribution in [0.2, 0.25) is 0 Å². The first-order valence-corrected chi connectivity index (χ1v) is 5.23. The van der Waals surface area contributed by atoms with Gasteiger partial charge >= 0.3 is 0 Å². The lowest BCUT2D eigenvalue weighted by Gasteiger charge is -1.98.